The number of rotatable bonds is 6. The fraction of sp³-hybridized carbons (Fsp3) is 0. The molecule has 0 radical (unpaired) electrons. The van der Waals surface area contributed by atoms with Crippen molar-refractivity contribution in [3.8, 4) is 11.8 Å². The molecule has 0 aliphatic rings. The summed E-state index contributed by atoms with van der Waals surface area (Å²) in [6.07, 6.45) is 1.30. The zero-order valence-electron chi connectivity index (χ0n) is 18.8. The van der Waals surface area contributed by atoms with Crippen molar-refractivity contribution in [3.63, 3.8) is 0 Å². The number of hydrogen-bond acceptors (Lipinski definition) is 6. The second kappa shape index (κ2) is 11.0. The van der Waals surface area contributed by atoms with Crippen LogP contribution in [0.1, 0.15) is 15.9 Å². The molecule has 0 spiro atoms. The van der Waals surface area contributed by atoms with Crippen LogP contribution in [-0.4, -0.2) is 16.8 Å². The minimum Gasteiger partial charge on any atom is -0.422 e. The van der Waals surface area contributed by atoms with E-state index in [1.165, 1.54) is 24.3 Å². The molecule has 1 N–H and O–H groups in total. The number of fused-ring (bicyclic) bond motifs is 1. The highest BCUT2D eigenvalue weighted by molar-refractivity contribution is 9.10. The number of nitro benzene ring substituents is 1. The number of anilines is 1. The van der Waals surface area contributed by atoms with Crippen molar-refractivity contribution < 1.29 is 19.2 Å². The van der Waals surface area contributed by atoms with Gasteiger partial charge in [0.25, 0.3) is 11.6 Å². The van der Waals surface area contributed by atoms with Crippen LogP contribution in [0, 0.1) is 21.4 Å². The van der Waals surface area contributed by atoms with Gasteiger partial charge in [-0.3, -0.25) is 14.9 Å². The summed E-state index contributed by atoms with van der Waals surface area (Å²) in [5.41, 5.74) is 0.0650. The third-order valence-corrected chi connectivity index (χ3v) is 6.10. The Balaban J connectivity index is 1.54. The van der Waals surface area contributed by atoms with E-state index in [4.69, 9.17) is 16.3 Å². The topological polar surface area (TPSA) is 122 Å². The highest BCUT2D eigenvalue weighted by Gasteiger charge is 2.19. The van der Waals surface area contributed by atoms with Gasteiger partial charge in [0.1, 0.15) is 23.1 Å². The predicted octanol–water partition coefficient (Wildman–Crippen LogP) is 6.93. The summed E-state index contributed by atoms with van der Waals surface area (Å²) in [7, 11) is 0. The Morgan fingerprint density at radius 3 is 2.54 bits per heavy atom. The molecule has 0 bridgehead atoms. The standard InChI is InChI=1S/C27H15BrClN3O5/c28-22-13-16(12-18(15-30)26(33)31-23-10-9-19(29)14-24(23)32(35)36)8-11-25(22)37-27(34)21-7-3-5-17-4-1-2-6-20(17)21/h1-14H,(H,31,33). The van der Waals surface area contributed by atoms with Gasteiger partial charge in [0, 0.05) is 11.1 Å². The minimum atomic E-state index is -0.837. The number of ether oxygens (including phenoxy) is 1. The van der Waals surface area contributed by atoms with Crippen LogP contribution in [0.3, 0.4) is 0 Å². The first-order chi connectivity index (χ1) is 17.8. The van der Waals surface area contributed by atoms with Crippen molar-refractivity contribution in [2.24, 2.45) is 0 Å². The molecule has 4 rings (SSSR count). The number of halogens is 2. The van der Waals surface area contributed by atoms with Gasteiger partial charge < -0.3 is 10.1 Å². The van der Waals surface area contributed by atoms with E-state index >= 15 is 0 Å². The lowest BCUT2D eigenvalue weighted by Crippen LogP contribution is -2.14. The maximum Gasteiger partial charge on any atom is 0.344 e. The second-order valence-electron chi connectivity index (χ2n) is 7.65. The summed E-state index contributed by atoms with van der Waals surface area (Å²) >= 11 is 9.15. The number of benzene rings is 4. The quantitative estimate of drug-likeness (QED) is 0.0663. The average molecular weight is 577 g/mol. The molecule has 4 aromatic carbocycles. The summed E-state index contributed by atoms with van der Waals surface area (Å²) < 4.78 is 5.99. The van der Waals surface area contributed by atoms with Crippen molar-refractivity contribution in [2.75, 3.05) is 5.32 Å². The van der Waals surface area contributed by atoms with Gasteiger partial charge in [-0.25, -0.2) is 4.79 Å². The Bertz CT molecular complexity index is 1640. The van der Waals surface area contributed by atoms with Gasteiger partial charge in [-0.1, -0.05) is 54.1 Å². The van der Waals surface area contributed by atoms with E-state index in [0.29, 0.717) is 15.6 Å². The molecule has 0 aromatic heterocycles. The Hall–Kier alpha value is -4.52. The highest BCUT2D eigenvalue weighted by atomic mass is 79.9. The van der Waals surface area contributed by atoms with Crippen LogP contribution in [0.5, 0.6) is 5.75 Å². The largest absolute Gasteiger partial charge is 0.422 e. The number of nitrogens with zero attached hydrogens (tertiary/aromatic N) is 2. The van der Waals surface area contributed by atoms with E-state index < -0.39 is 22.5 Å². The Kier molecular flexibility index (Phi) is 7.63. The number of carbonyl (C=O) groups is 2. The number of nitriles is 1. The molecular formula is C27H15BrClN3O5. The molecule has 8 nitrogen and oxygen atoms in total. The smallest absolute Gasteiger partial charge is 0.344 e. The Morgan fingerprint density at radius 2 is 1.81 bits per heavy atom. The summed E-state index contributed by atoms with van der Waals surface area (Å²) in [6.45, 7) is 0. The lowest BCUT2D eigenvalue weighted by atomic mass is 10.0. The molecule has 0 aliphatic carbocycles. The first kappa shape index (κ1) is 25.6. The van der Waals surface area contributed by atoms with Gasteiger partial charge in [-0.05, 0) is 68.7 Å². The van der Waals surface area contributed by atoms with Crippen LogP contribution in [0.25, 0.3) is 16.8 Å². The van der Waals surface area contributed by atoms with Crippen molar-refractivity contribution in [3.05, 3.63) is 115 Å². The fourth-order valence-electron chi connectivity index (χ4n) is 3.51. The van der Waals surface area contributed by atoms with E-state index in [2.05, 4.69) is 21.2 Å². The Labute approximate surface area is 224 Å². The van der Waals surface area contributed by atoms with Gasteiger partial charge in [0.05, 0.1) is 15.0 Å². The number of esters is 1. The van der Waals surface area contributed by atoms with E-state index in [-0.39, 0.29) is 22.0 Å². The van der Waals surface area contributed by atoms with Crippen LogP contribution >= 0.6 is 27.5 Å². The number of carbonyl (C=O) groups excluding carboxylic acids is 2. The fourth-order valence-corrected chi connectivity index (χ4v) is 4.16. The minimum absolute atomic E-state index is 0.0996. The summed E-state index contributed by atoms with van der Waals surface area (Å²) in [5, 5.41) is 24.9. The summed E-state index contributed by atoms with van der Waals surface area (Å²) in [4.78, 5) is 36.0. The molecule has 0 unspecified atom stereocenters. The first-order valence-electron chi connectivity index (χ1n) is 10.6. The van der Waals surface area contributed by atoms with Crippen LogP contribution in [-0.2, 0) is 4.79 Å². The molecule has 0 aliphatic heterocycles. The molecule has 0 atom stereocenters. The van der Waals surface area contributed by atoms with Crippen molar-refractivity contribution >= 4 is 67.6 Å². The molecule has 37 heavy (non-hydrogen) atoms. The third kappa shape index (κ3) is 5.83. The molecule has 4 aromatic rings. The van der Waals surface area contributed by atoms with Crippen LogP contribution < -0.4 is 10.1 Å². The molecule has 0 saturated heterocycles. The van der Waals surface area contributed by atoms with E-state index in [9.17, 15) is 25.0 Å². The first-order valence-corrected chi connectivity index (χ1v) is 11.8. The molecule has 0 heterocycles. The third-order valence-electron chi connectivity index (χ3n) is 5.25. The maximum absolute atomic E-state index is 12.8. The second-order valence-corrected chi connectivity index (χ2v) is 8.94. The SMILES string of the molecule is N#CC(=Cc1ccc(OC(=O)c2cccc3ccccc23)c(Br)c1)C(=O)Nc1ccc(Cl)cc1[N+](=O)[O-]. The van der Waals surface area contributed by atoms with E-state index in [0.717, 1.165) is 16.8 Å². The molecule has 182 valence electrons. The lowest BCUT2D eigenvalue weighted by molar-refractivity contribution is -0.383. The van der Waals surface area contributed by atoms with Crippen molar-refractivity contribution in [1.29, 1.82) is 5.26 Å². The lowest BCUT2D eigenvalue weighted by Gasteiger charge is -2.09. The molecule has 10 heteroatoms. The normalized spacial score (nSPS) is 11.0. The van der Waals surface area contributed by atoms with Crippen LogP contribution in [0.2, 0.25) is 5.02 Å². The van der Waals surface area contributed by atoms with E-state index in [1.54, 1.807) is 30.3 Å². The highest BCUT2D eigenvalue weighted by Crippen LogP contribution is 2.30. The number of hydrogen-bond donors (Lipinski definition) is 1. The van der Waals surface area contributed by atoms with Crippen molar-refractivity contribution in [1.82, 2.24) is 0 Å². The maximum atomic E-state index is 12.8. The van der Waals surface area contributed by atoms with Crippen molar-refractivity contribution in [2.45, 2.75) is 0 Å². The van der Waals surface area contributed by atoms with Gasteiger partial charge in [-0.15, -0.1) is 0 Å². The van der Waals surface area contributed by atoms with E-state index in [1.807, 2.05) is 30.3 Å². The van der Waals surface area contributed by atoms with Gasteiger partial charge in [0.15, 0.2) is 0 Å². The van der Waals surface area contributed by atoms with Gasteiger partial charge >= 0.3 is 5.97 Å². The number of nitrogens with one attached hydrogen (secondary N) is 1. The molecule has 0 saturated carbocycles. The number of nitro groups is 1. The predicted molar refractivity (Wildman–Crippen MR) is 143 cm³/mol. The zero-order chi connectivity index (χ0) is 26.5. The molecule has 1 amide bonds. The molecule has 0 fully saturated rings. The molecular weight excluding hydrogens is 562 g/mol. The average Bonchev–Trinajstić information content (AvgIpc) is 2.89. The summed E-state index contributed by atoms with van der Waals surface area (Å²) in [5.74, 6) is -1.13. The van der Waals surface area contributed by atoms with Gasteiger partial charge in [-0.2, -0.15) is 5.26 Å². The van der Waals surface area contributed by atoms with Crippen LogP contribution in [0.4, 0.5) is 11.4 Å². The monoisotopic (exact) mass is 575 g/mol. The zero-order valence-corrected chi connectivity index (χ0v) is 21.1. The van der Waals surface area contributed by atoms with Gasteiger partial charge in [0.2, 0.25) is 0 Å². The number of amides is 1. The van der Waals surface area contributed by atoms with Crippen LogP contribution in [0.15, 0.2) is 88.9 Å². The Morgan fingerprint density at radius 1 is 1.05 bits per heavy atom. The summed E-state index contributed by atoms with van der Waals surface area (Å²) in [6, 6.07) is 23.0.